The van der Waals surface area contributed by atoms with Gasteiger partial charge in [0.2, 0.25) is 5.91 Å². The van der Waals surface area contributed by atoms with Gasteiger partial charge in [-0.3, -0.25) is 4.79 Å². The minimum atomic E-state index is 0. The van der Waals surface area contributed by atoms with Crippen molar-refractivity contribution in [2.75, 3.05) is 13.1 Å². The van der Waals surface area contributed by atoms with Gasteiger partial charge in [0.25, 0.3) is 0 Å². The molecule has 0 spiro atoms. The van der Waals surface area contributed by atoms with Crippen LogP contribution in [0.15, 0.2) is 16.8 Å². The summed E-state index contributed by atoms with van der Waals surface area (Å²) in [6.07, 6.45) is 2.42. The average Bonchev–Trinajstić information content (AvgIpc) is 2.71. The molecular weight excluding hydrogens is 244 g/mol. The molecule has 2 rings (SSSR count). The molecule has 2 heterocycles. The number of thiophene rings is 1. The summed E-state index contributed by atoms with van der Waals surface area (Å²) in [6, 6.07) is 2.30. The third-order valence-corrected chi connectivity index (χ3v) is 3.56. The number of carbonyl (C=O) groups excluding carboxylic acids is 1. The Hall–Kier alpha value is -0.580. The number of nitrogens with zero attached hydrogens (tertiary/aromatic N) is 1. The number of piperidine rings is 1. The minimum Gasteiger partial charge on any atom is -0.342 e. The zero-order chi connectivity index (χ0) is 10.7. The largest absolute Gasteiger partial charge is 0.342 e. The molecule has 0 saturated carbocycles. The van der Waals surface area contributed by atoms with Gasteiger partial charge in [-0.15, -0.1) is 12.4 Å². The van der Waals surface area contributed by atoms with Gasteiger partial charge in [0.1, 0.15) is 0 Å². The van der Waals surface area contributed by atoms with Crippen LogP contribution < -0.4 is 5.73 Å². The van der Waals surface area contributed by atoms with Crippen molar-refractivity contribution in [1.29, 1.82) is 0 Å². The first-order valence-corrected chi connectivity index (χ1v) is 6.24. The van der Waals surface area contributed by atoms with E-state index in [4.69, 9.17) is 5.73 Å². The molecule has 0 atom stereocenters. The van der Waals surface area contributed by atoms with Crippen LogP contribution in [0.2, 0.25) is 0 Å². The van der Waals surface area contributed by atoms with E-state index in [0.717, 1.165) is 31.5 Å². The van der Waals surface area contributed by atoms with Gasteiger partial charge >= 0.3 is 0 Å². The van der Waals surface area contributed by atoms with Crippen molar-refractivity contribution < 1.29 is 4.79 Å². The molecule has 5 heteroatoms. The second-order valence-electron chi connectivity index (χ2n) is 4.03. The highest BCUT2D eigenvalue weighted by Crippen LogP contribution is 2.12. The van der Waals surface area contributed by atoms with Gasteiger partial charge in [-0.25, -0.2) is 0 Å². The molecule has 0 radical (unpaired) electrons. The van der Waals surface area contributed by atoms with Crippen LogP contribution in [-0.4, -0.2) is 29.9 Å². The monoisotopic (exact) mass is 260 g/mol. The summed E-state index contributed by atoms with van der Waals surface area (Å²) < 4.78 is 0. The van der Waals surface area contributed by atoms with E-state index in [1.54, 1.807) is 11.3 Å². The van der Waals surface area contributed by atoms with Crippen LogP contribution in [0, 0.1) is 0 Å². The van der Waals surface area contributed by atoms with E-state index in [0.29, 0.717) is 6.42 Å². The maximum atomic E-state index is 11.9. The summed E-state index contributed by atoms with van der Waals surface area (Å²) in [5.41, 5.74) is 6.92. The first-order chi connectivity index (χ1) is 7.25. The zero-order valence-electron chi connectivity index (χ0n) is 9.09. The van der Waals surface area contributed by atoms with E-state index in [2.05, 4.69) is 0 Å². The topological polar surface area (TPSA) is 46.3 Å². The summed E-state index contributed by atoms with van der Waals surface area (Å²) in [4.78, 5) is 13.8. The lowest BCUT2D eigenvalue weighted by Gasteiger charge is -2.30. The van der Waals surface area contributed by atoms with Crippen molar-refractivity contribution in [2.45, 2.75) is 25.3 Å². The molecule has 0 aromatic carbocycles. The molecule has 1 aliphatic heterocycles. The molecule has 90 valence electrons. The fourth-order valence-electron chi connectivity index (χ4n) is 1.83. The van der Waals surface area contributed by atoms with Gasteiger partial charge in [-0.1, -0.05) is 0 Å². The summed E-state index contributed by atoms with van der Waals surface area (Å²) in [7, 11) is 0. The van der Waals surface area contributed by atoms with Crippen LogP contribution in [0.25, 0.3) is 0 Å². The molecule has 3 nitrogen and oxygen atoms in total. The van der Waals surface area contributed by atoms with Gasteiger partial charge in [-0.05, 0) is 35.2 Å². The van der Waals surface area contributed by atoms with Crippen LogP contribution >= 0.6 is 23.7 Å². The number of amides is 1. The lowest BCUT2D eigenvalue weighted by atomic mass is 10.1. The fourth-order valence-corrected chi connectivity index (χ4v) is 2.50. The molecule has 1 aromatic rings. The Bertz CT molecular complexity index is 321. The summed E-state index contributed by atoms with van der Waals surface area (Å²) in [5.74, 6) is 0.236. The Morgan fingerprint density at radius 1 is 1.50 bits per heavy atom. The summed E-state index contributed by atoms with van der Waals surface area (Å²) in [6.45, 7) is 1.65. The Balaban J connectivity index is 0.00000128. The SMILES string of the molecule is Cl.NC1CCN(C(=O)Cc2ccsc2)CC1. The van der Waals surface area contributed by atoms with Gasteiger partial charge in [0.15, 0.2) is 0 Å². The van der Waals surface area contributed by atoms with E-state index in [-0.39, 0.29) is 24.4 Å². The Morgan fingerprint density at radius 2 is 2.19 bits per heavy atom. The normalized spacial score (nSPS) is 16.9. The smallest absolute Gasteiger partial charge is 0.227 e. The van der Waals surface area contributed by atoms with Crippen LogP contribution in [0.3, 0.4) is 0 Å². The number of likely N-dealkylation sites (tertiary alicyclic amines) is 1. The zero-order valence-corrected chi connectivity index (χ0v) is 10.7. The van der Waals surface area contributed by atoms with Crippen LogP contribution in [0.1, 0.15) is 18.4 Å². The number of rotatable bonds is 2. The molecule has 1 aliphatic rings. The van der Waals surface area contributed by atoms with Gasteiger partial charge in [0, 0.05) is 19.1 Å². The maximum Gasteiger partial charge on any atom is 0.227 e. The second kappa shape index (κ2) is 6.23. The van der Waals surface area contributed by atoms with E-state index in [1.807, 2.05) is 21.7 Å². The van der Waals surface area contributed by atoms with Crippen LogP contribution in [0.5, 0.6) is 0 Å². The Labute approximate surface area is 106 Å². The fraction of sp³-hybridized carbons (Fsp3) is 0.545. The molecule has 1 fully saturated rings. The number of hydrogen-bond acceptors (Lipinski definition) is 3. The van der Waals surface area contributed by atoms with Gasteiger partial charge < -0.3 is 10.6 Å². The highest BCUT2D eigenvalue weighted by atomic mass is 35.5. The number of hydrogen-bond donors (Lipinski definition) is 1. The molecule has 1 aromatic heterocycles. The van der Waals surface area contributed by atoms with Crippen molar-refractivity contribution in [3.05, 3.63) is 22.4 Å². The molecule has 0 bridgehead atoms. The summed E-state index contributed by atoms with van der Waals surface area (Å²) in [5, 5.41) is 4.04. The molecule has 1 saturated heterocycles. The number of halogens is 1. The first-order valence-electron chi connectivity index (χ1n) is 5.30. The molecule has 0 unspecified atom stereocenters. The summed E-state index contributed by atoms with van der Waals surface area (Å²) >= 11 is 1.64. The third kappa shape index (κ3) is 3.47. The predicted molar refractivity (Wildman–Crippen MR) is 69.1 cm³/mol. The molecule has 2 N–H and O–H groups in total. The Morgan fingerprint density at radius 3 is 2.75 bits per heavy atom. The average molecular weight is 261 g/mol. The third-order valence-electron chi connectivity index (χ3n) is 2.83. The van der Waals surface area contributed by atoms with E-state index < -0.39 is 0 Å². The van der Waals surface area contributed by atoms with E-state index in [1.165, 1.54) is 0 Å². The minimum absolute atomic E-state index is 0. The van der Waals surface area contributed by atoms with Gasteiger partial charge in [-0.2, -0.15) is 11.3 Å². The lowest BCUT2D eigenvalue weighted by Crippen LogP contribution is -2.43. The van der Waals surface area contributed by atoms with Gasteiger partial charge in [0.05, 0.1) is 6.42 Å². The van der Waals surface area contributed by atoms with Crippen LogP contribution in [0.4, 0.5) is 0 Å². The lowest BCUT2D eigenvalue weighted by molar-refractivity contribution is -0.131. The number of nitrogens with two attached hydrogens (primary N) is 1. The van der Waals surface area contributed by atoms with Crippen LogP contribution in [-0.2, 0) is 11.2 Å². The molecular formula is C11H17ClN2OS. The highest BCUT2D eigenvalue weighted by molar-refractivity contribution is 7.07. The van der Waals surface area contributed by atoms with E-state index >= 15 is 0 Å². The number of carbonyl (C=O) groups is 1. The Kier molecular flexibility index (Phi) is 5.25. The van der Waals surface area contributed by atoms with Crippen molar-refractivity contribution in [2.24, 2.45) is 5.73 Å². The molecule has 0 aliphatic carbocycles. The highest BCUT2D eigenvalue weighted by Gasteiger charge is 2.20. The van der Waals surface area contributed by atoms with Crippen molar-refractivity contribution in [3.63, 3.8) is 0 Å². The quantitative estimate of drug-likeness (QED) is 0.879. The van der Waals surface area contributed by atoms with Crippen molar-refractivity contribution in [3.8, 4) is 0 Å². The van der Waals surface area contributed by atoms with Crippen molar-refractivity contribution in [1.82, 2.24) is 4.90 Å². The predicted octanol–water partition coefficient (Wildman–Crippen LogP) is 1.66. The second-order valence-corrected chi connectivity index (χ2v) is 4.81. The standard InChI is InChI=1S/C11H16N2OS.ClH/c12-10-1-4-13(5-2-10)11(14)7-9-3-6-15-8-9;/h3,6,8,10H,1-2,4-5,7,12H2;1H. The molecule has 1 amide bonds. The molecule has 16 heavy (non-hydrogen) atoms. The van der Waals surface area contributed by atoms with E-state index in [9.17, 15) is 4.79 Å². The first kappa shape index (κ1) is 13.5. The van der Waals surface area contributed by atoms with Crippen molar-refractivity contribution >= 4 is 29.7 Å². The maximum absolute atomic E-state index is 11.9.